The lowest BCUT2D eigenvalue weighted by molar-refractivity contribution is 0.0292. The first kappa shape index (κ1) is 18.0. The van der Waals surface area contributed by atoms with E-state index in [4.69, 9.17) is 4.74 Å². The van der Waals surface area contributed by atoms with E-state index in [1.54, 1.807) is 0 Å². The minimum atomic E-state index is 0.0611. The minimum absolute atomic E-state index is 0.0611. The molecule has 0 radical (unpaired) electrons. The molecule has 1 aromatic carbocycles. The van der Waals surface area contributed by atoms with Gasteiger partial charge in [-0.1, -0.05) is 12.1 Å². The van der Waals surface area contributed by atoms with Crippen LogP contribution in [0.15, 0.2) is 24.3 Å². The van der Waals surface area contributed by atoms with Crippen LogP contribution in [0.25, 0.3) is 0 Å². The van der Waals surface area contributed by atoms with Gasteiger partial charge in [-0.3, -0.25) is 4.90 Å². The molecule has 2 aliphatic rings. The van der Waals surface area contributed by atoms with Crippen LogP contribution in [-0.4, -0.2) is 75.4 Å². The third kappa shape index (κ3) is 4.86. The van der Waals surface area contributed by atoms with Crippen LogP contribution in [0.4, 0.5) is 10.5 Å². The summed E-state index contributed by atoms with van der Waals surface area (Å²) in [4.78, 5) is 19.2. The number of nitrogens with zero attached hydrogens (tertiary/aromatic N) is 3. The highest BCUT2D eigenvalue weighted by Crippen LogP contribution is 2.19. The number of anilines is 1. The van der Waals surface area contributed by atoms with Crippen LogP contribution >= 0.6 is 0 Å². The van der Waals surface area contributed by atoms with E-state index >= 15 is 0 Å². The average molecular weight is 346 g/mol. The van der Waals surface area contributed by atoms with Crippen molar-refractivity contribution in [1.82, 2.24) is 15.1 Å². The van der Waals surface area contributed by atoms with E-state index in [1.165, 1.54) is 0 Å². The predicted molar refractivity (Wildman–Crippen MR) is 100.0 cm³/mol. The summed E-state index contributed by atoms with van der Waals surface area (Å²) >= 11 is 0. The number of rotatable bonds is 5. The summed E-state index contributed by atoms with van der Waals surface area (Å²) in [5.74, 6) is 0. The molecule has 2 heterocycles. The van der Waals surface area contributed by atoms with Crippen molar-refractivity contribution in [1.29, 1.82) is 0 Å². The van der Waals surface area contributed by atoms with Crippen LogP contribution in [0, 0.1) is 0 Å². The number of nitrogens with one attached hydrogen (secondary N) is 1. The Kier molecular flexibility index (Phi) is 6.15. The predicted octanol–water partition coefficient (Wildman–Crippen LogP) is 1.76. The standard InChI is InChI=1S/C19H30N4O2/c1-21(2)17-6-3-5-16(13-17)14-20-19(24)23-8-4-7-18(23)15-22-9-11-25-12-10-22/h3,5-6,13,18H,4,7-12,14-15H2,1-2H3,(H,20,24)/t18-/m1/s1. The van der Waals surface area contributed by atoms with Gasteiger partial charge < -0.3 is 19.9 Å². The van der Waals surface area contributed by atoms with Gasteiger partial charge in [-0.2, -0.15) is 0 Å². The van der Waals surface area contributed by atoms with Gasteiger partial charge in [0.05, 0.1) is 13.2 Å². The quantitative estimate of drug-likeness (QED) is 0.883. The lowest BCUT2D eigenvalue weighted by Gasteiger charge is -2.33. The van der Waals surface area contributed by atoms with Crippen LogP contribution < -0.4 is 10.2 Å². The number of likely N-dealkylation sites (tertiary alicyclic amines) is 1. The monoisotopic (exact) mass is 346 g/mol. The average Bonchev–Trinajstić information content (AvgIpc) is 3.09. The fourth-order valence-electron chi connectivity index (χ4n) is 3.60. The molecule has 0 unspecified atom stereocenters. The van der Waals surface area contributed by atoms with E-state index in [-0.39, 0.29) is 6.03 Å². The minimum Gasteiger partial charge on any atom is -0.379 e. The van der Waals surface area contributed by atoms with Gasteiger partial charge in [-0.05, 0) is 30.5 Å². The molecule has 0 aliphatic carbocycles. The molecular weight excluding hydrogens is 316 g/mol. The van der Waals surface area contributed by atoms with E-state index in [0.717, 1.165) is 63.5 Å². The number of hydrogen-bond donors (Lipinski definition) is 1. The zero-order chi connectivity index (χ0) is 17.6. The zero-order valence-electron chi connectivity index (χ0n) is 15.4. The molecule has 0 saturated carbocycles. The molecule has 2 saturated heterocycles. The highest BCUT2D eigenvalue weighted by molar-refractivity contribution is 5.75. The second-order valence-electron chi connectivity index (χ2n) is 7.13. The number of carbonyl (C=O) groups is 1. The van der Waals surface area contributed by atoms with Crippen molar-refractivity contribution in [3.8, 4) is 0 Å². The Morgan fingerprint density at radius 1 is 1.28 bits per heavy atom. The summed E-state index contributed by atoms with van der Waals surface area (Å²) in [7, 11) is 4.05. The summed E-state index contributed by atoms with van der Waals surface area (Å²) < 4.78 is 5.41. The molecule has 2 aliphatic heterocycles. The highest BCUT2D eigenvalue weighted by Gasteiger charge is 2.30. The number of morpholine rings is 1. The summed E-state index contributed by atoms with van der Waals surface area (Å²) in [5.41, 5.74) is 2.28. The highest BCUT2D eigenvalue weighted by atomic mass is 16.5. The molecule has 1 N–H and O–H groups in total. The van der Waals surface area contributed by atoms with Crippen LogP contribution in [0.2, 0.25) is 0 Å². The SMILES string of the molecule is CN(C)c1cccc(CNC(=O)N2CCC[C@@H]2CN2CCOCC2)c1. The van der Waals surface area contributed by atoms with E-state index in [2.05, 4.69) is 33.3 Å². The van der Waals surface area contributed by atoms with Gasteiger partial charge in [0.25, 0.3) is 0 Å². The van der Waals surface area contributed by atoms with Crippen molar-refractivity contribution in [2.45, 2.75) is 25.4 Å². The fraction of sp³-hybridized carbons (Fsp3) is 0.632. The first-order valence-corrected chi connectivity index (χ1v) is 9.24. The summed E-state index contributed by atoms with van der Waals surface area (Å²) in [5, 5.41) is 3.10. The van der Waals surface area contributed by atoms with Gasteiger partial charge in [0.1, 0.15) is 0 Å². The van der Waals surface area contributed by atoms with Gasteiger partial charge in [0.2, 0.25) is 0 Å². The van der Waals surface area contributed by atoms with E-state index in [0.29, 0.717) is 12.6 Å². The molecule has 6 heteroatoms. The molecular formula is C19H30N4O2. The molecule has 0 aromatic heterocycles. The maximum atomic E-state index is 12.7. The van der Waals surface area contributed by atoms with Gasteiger partial charge in [0, 0.05) is 58.5 Å². The Morgan fingerprint density at radius 2 is 2.08 bits per heavy atom. The Hall–Kier alpha value is -1.79. The second-order valence-corrected chi connectivity index (χ2v) is 7.13. The molecule has 2 amide bonds. The maximum Gasteiger partial charge on any atom is 0.317 e. The summed E-state index contributed by atoms with van der Waals surface area (Å²) in [6.45, 7) is 5.96. The number of benzene rings is 1. The normalized spacial score (nSPS) is 21.4. The lowest BCUT2D eigenvalue weighted by atomic mass is 10.2. The largest absolute Gasteiger partial charge is 0.379 e. The molecule has 6 nitrogen and oxygen atoms in total. The summed E-state index contributed by atoms with van der Waals surface area (Å²) in [6, 6.07) is 8.67. The first-order chi connectivity index (χ1) is 12.1. The molecule has 3 rings (SSSR count). The Balaban J connectivity index is 1.52. The van der Waals surface area contributed by atoms with Crippen LogP contribution in [0.5, 0.6) is 0 Å². The van der Waals surface area contributed by atoms with Crippen molar-refractivity contribution < 1.29 is 9.53 Å². The lowest BCUT2D eigenvalue weighted by Crippen LogP contribution is -2.49. The molecule has 2 fully saturated rings. The number of ether oxygens (including phenoxy) is 1. The Labute approximate surface area is 150 Å². The van der Waals surface area contributed by atoms with Gasteiger partial charge in [0.15, 0.2) is 0 Å². The third-order valence-electron chi connectivity index (χ3n) is 5.08. The molecule has 0 spiro atoms. The van der Waals surface area contributed by atoms with Crippen molar-refractivity contribution in [2.75, 3.05) is 58.4 Å². The van der Waals surface area contributed by atoms with Crippen molar-refractivity contribution in [3.63, 3.8) is 0 Å². The van der Waals surface area contributed by atoms with E-state index < -0.39 is 0 Å². The van der Waals surface area contributed by atoms with E-state index in [9.17, 15) is 4.79 Å². The van der Waals surface area contributed by atoms with Crippen molar-refractivity contribution in [2.24, 2.45) is 0 Å². The van der Waals surface area contributed by atoms with E-state index in [1.807, 2.05) is 25.1 Å². The zero-order valence-corrected chi connectivity index (χ0v) is 15.4. The smallest absolute Gasteiger partial charge is 0.317 e. The number of carbonyl (C=O) groups excluding carboxylic acids is 1. The Bertz CT molecular complexity index is 572. The number of hydrogen-bond acceptors (Lipinski definition) is 4. The van der Waals surface area contributed by atoms with Crippen LogP contribution in [0.3, 0.4) is 0 Å². The van der Waals surface area contributed by atoms with Gasteiger partial charge >= 0.3 is 6.03 Å². The number of urea groups is 1. The van der Waals surface area contributed by atoms with Crippen molar-refractivity contribution in [3.05, 3.63) is 29.8 Å². The van der Waals surface area contributed by atoms with Crippen LogP contribution in [-0.2, 0) is 11.3 Å². The first-order valence-electron chi connectivity index (χ1n) is 9.24. The summed E-state index contributed by atoms with van der Waals surface area (Å²) in [6.07, 6.45) is 2.19. The Morgan fingerprint density at radius 3 is 2.84 bits per heavy atom. The molecule has 25 heavy (non-hydrogen) atoms. The molecule has 138 valence electrons. The molecule has 0 bridgehead atoms. The number of amides is 2. The van der Waals surface area contributed by atoms with Crippen LogP contribution in [0.1, 0.15) is 18.4 Å². The topological polar surface area (TPSA) is 48.1 Å². The maximum absolute atomic E-state index is 12.7. The fourth-order valence-corrected chi connectivity index (χ4v) is 3.60. The molecule has 1 aromatic rings. The second kappa shape index (κ2) is 8.54. The van der Waals surface area contributed by atoms with Gasteiger partial charge in [-0.15, -0.1) is 0 Å². The third-order valence-corrected chi connectivity index (χ3v) is 5.08. The van der Waals surface area contributed by atoms with Gasteiger partial charge in [-0.25, -0.2) is 4.79 Å². The molecule has 1 atom stereocenters. The van der Waals surface area contributed by atoms with Crippen molar-refractivity contribution >= 4 is 11.7 Å².